The zero-order valence-electron chi connectivity index (χ0n) is 8.95. The van der Waals surface area contributed by atoms with Gasteiger partial charge >= 0.3 is 0 Å². The van der Waals surface area contributed by atoms with Gasteiger partial charge in [-0.15, -0.1) is 0 Å². The Labute approximate surface area is 91.9 Å². The van der Waals surface area contributed by atoms with Crippen LogP contribution in [0.3, 0.4) is 0 Å². The first-order valence-corrected chi connectivity index (χ1v) is 5.15. The monoisotopic (exact) mass is 225 g/mol. The van der Waals surface area contributed by atoms with Gasteiger partial charge in [-0.25, -0.2) is 8.78 Å². The summed E-state index contributed by atoms with van der Waals surface area (Å²) in [5.41, 5.74) is 7.82. The Hall–Kier alpha value is -1.65. The Bertz CT molecular complexity index is 505. The minimum atomic E-state index is -2.40. The van der Waals surface area contributed by atoms with Crippen LogP contribution in [0.2, 0.25) is 0 Å². The molecule has 2 rings (SSSR count). The van der Waals surface area contributed by atoms with Gasteiger partial charge in [0.15, 0.2) is 0 Å². The first kappa shape index (κ1) is 10.9. The molecule has 0 bridgehead atoms. The van der Waals surface area contributed by atoms with Gasteiger partial charge in [0.1, 0.15) is 6.54 Å². The van der Waals surface area contributed by atoms with Crippen molar-refractivity contribution >= 4 is 16.6 Å². The van der Waals surface area contributed by atoms with Crippen molar-refractivity contribution in [3.05, 3.63) is 23.9 Å². The summed E-state index contributed by atoms with van der Waals surface area (Å²) in [6, 6.07) is 5.22. The van der Waals surface area contributed by atoms with Gasteiger partial charge in [0.25, 0.3) is 6.43 Å². The number of nitrogens with two attached hydrogens (primary N) is 1. The van der Waals surface area contributed by atoms with Crippen molar-refractivity contribution < 1.29 is 8.78 Å². The van der Waals surface area contributed by atoms with E-state index in [2.05, 4.69) is 5.10 Å². The molecule has 0 atom stereocenters. The first-order chi connectivity index (χ1) is 7.61. The molecule has 2 aromatic rings. The molecule has 1 aromatic carbocycles. The summed E-state index contributed by atoms with van der Waals surface area (Å²) in [6.07, 6.45) is -1.69. The maximum atomic E-state index is 12.4. The number of nitrogen functional groups attached to an aromatic ring is 1. The highest BCUT2D eigenvalue weighted by Gasteiger charge is 2.12. The number of aryl methyl sites for hydroxylation is 1. The van der Waals surface area contributed by atoms with Crippen LogP contribution in [0.15, 0.2) is 18.2 Å². The zero-order chi connectivity index (χ0) is 11.7. The van der Waals surface area contributed by atoms with E-state index in [4.69, 9.17) is 5.73 Å². The largest absolute Gasteiger partial charge is 0.399 e. The van der Waals surface area contributed by atoms with Gasteiger partial charge in [0.05, 0.1) is 11.2 Å². The van der Waals surface area contributed by atoms with Crippen LogP contribution in [-0.2, 0) is 13.0 Å². The van der Waals surface area contributed by atoms with Crippen LogP contribution in [-0.4, -0.2) is 16.2 Å². The van der Waals surface area contributed by atoms with E-state index in [0.29, 0.717) is 17.6 Å². The third kappa shape index (κ3) is 1.85. The summed E-state index contributed by atoms with van der Waals surface area (Å²) >= 11 is 0. The maximum Gasteiger partial charge on any atom is 0.257 e. The van der Waals surface area contributed by atoms with Crippen LogP contribution in [0.25, 0.3) is 10.9 Å². The normalized spacial score (nSPS) is 11.5. The second-order valence-electron chi connectivity index (χ2n) is 3.65. The number of hydrogen-bond acceptors (Lipinski definition) is 2. The first-order valence-electron chi connectivity index (χ1n) is 5.15. The SMILES string of the molecule is CCc1nn(CC(F)F)c2ccc(N)cc12. The second-order valence-corrected chi connectivity index (χ2v) is 3.65. The predicted molar refractivity (Wildman–Crippen MR) is 59.5 cm³/mol. The molecule has 1 aromatic heterocycles. The fraction of sp³-hybridized carbons (Fsp3) is 0.364. The molecule has 0 radical (unpaired) electrons. The molecule has 0 aliphatic carbocycles. The minimum Gasteiger partial charge on any atom is -0.399 e. The molecule has 0 fully saturated rings. The lowest BCUT2D eigenvalue weighted by atomic mass is 10.1. The third-order valence-corrected chi connectivity index (χ3v) is 2.50. The fourth-order valence-corrected chi connectivity index (χ4v) is 1.79. The number of rotatable bonds is 3. The highest BCUT2D eigenvalue weighted by atomic mass is 19.3. The van der Waals surface area contributed by atoms with E-state index < -0.39 is 6.43 Å². The second kappa shape index (κ2) is 4.08. The van der Waals surface area contributed by atoms with E-state index in [0.717, 1.165) is 11.1 Å². The van der Waals surface area contributed by atoms with E-state index in [1.165, 1.54) is 4.68 Å². The molecule has 0 unspecified atom stereocenters. The summed E-state index contributed by atoms with van der Waals surface area (Å²) in [4.78, 5) is 0. The number of halogens is 2. The van der Waals surface area contributed by atoms with Crippen LogP contribution < -0.4 is 5.73 Å². The Morgan fingerprint density at radius 3 is 2.81 bits per heavy atom. The number of hydrogen-bond donors (Lipinski definition) is 1. The van der Waals surface area contributed by atoms with Crippen LogP contribution in [0.1, 0.15) is 12.6 Å². The van der Waals surface area contributed by atoms with Gasteiger partial charge in [-0.05, 0) is 24.6 Å². The summed E-state index contributed by atoms with van der Waals surface area (Å²) in [5, 5.41) is 5.03. The molecule has 0 saturated carbocycles. The van der Waals surface area contributed by atoms with Gasteiger partial charge in [-0.2, -0.15) is 5.10 Å². The van der Waals surface area contributed by atoms with E-state index in [9.17, 15) is 8.78 Å². The maximum absolute atomic E-state index is 12.4. The Balaban J connectivity index is 2.58. The minimum absolute atomic E-state index is 0.375. The van der Waals surface area contributed by atoms with E-state index >= 15 is 0 Å². The average molecular weight is 225 g/mol. The standard InChI is InChI=1S/C11H13F2N3/c1-2-9-8-5-7(14)3-4-10(8)16(15-9)6-11(12)13/h3-5,11H,2,6,14H2,1H3. The third-order valence-electron chi connectivity index (χ3n) is 2.50. The number of alkyl halides is 2. The van der Waals surface area contributed by atoms with E-state index in [1.54, 1.807) is 18.2 Å². The highest BCUT2D eigenvalue weighted by molar-refractivity contribution is 5.85. The molecular formula is C11H13F2N3. The fourth-order valence-electron chi connectivity index (χ4n) is 1.79. The molecule has 2 N–H and O–H groups in total. The number of aromatic nitrogens is 2. The summed E-state index contributed by atoms with van der Waals surface area (Å²) in [5.74, 6) is 0. The van der Waals surface area contributed by atoms with Crippen LogP contribution >= 0.6 is 0 Å². The molecule has 0 spiro atoms. The van der Waals surface area contributed by atoms with E-state index in [1.807, 2.05) is 6.92 Å². The molecule has 0 amide bonds. The van der Waals surface area contributed by atoms with Crippen LogP contribution in [0.4, 0.5) is 14.5 Å². The predicted octanol–water partition coefficient (Wildman–Crippen LogP) is 2.45. The molecule has 0 aliphatic heterocycles. The number of anilines is 1. The van der Waals surface area contributed by atoms with Gasteiger partial charge in [0.2, 0.25) is 0 Å². The van der Waals surface area contributed by atoms with Crippen molar-refractivity contribution in [2.45, 2.75) is 26.3 Å². The van der Waals surface area contributed by atoms with Crippen molar-refractivity contribution in [3.63, 3.8) is 0 Å². The van der Waals surface area contributed by atoms with Gasteiger partial charge in [-0.3, -0.25) is 4.68 Å². The Kier molecular flexibility index (Phi) is 2.77. The zero-order valence-corrected chi connectivity index (χ0v) is 8.95. The number of fused-ring (bicyclic) bond motifs is 1. The smallest absolute Gasteiger partial charge is 0.257 e. The summed E-state index contributed by atoms with van der Waals surface area (Å²) in [6.45, 7) is 1.57. The van der Waals surface area contributed by atoms with Gasteiger partial charge < -0.3 is 5.73 Å². The summed E-state index contributed by atoms with van der Waals surface area (Å²) in [7, 11) is 0. The lowest BCUT2D eigenvalue weighted by Gasteiger charge is -2.01. The van der Waals surface area contributed by atoms with Gasteiger partial charge in [0, 0.05) is 11.1 Å². The molecule has 86 valence electrons. The number of benzene rings is 1. The van der Waals surface area contributed by atoms with Gasteiger partial charge in [-0.1, -0.05) is 6.92 Å². The molecule has 5 heteroatoms. The molecule has 16 heavy (non-hydrogen) atoms. The van der Waals surface area contributed by atoms with Crippen molar-refractivity contribution in [2.24, 2.45) is 0 Å². The molecular weight excluding hydrogens is 212 g/mol. The van der Waals surface area contributed by atoms with Crippen molar-refractivity contribution in [2.75, 3.05) is 5.73 Å². The molecule has 1 heterocycles. The Morgan fingerprint density at radius 1 is 1.44 bits per heavy atom. The lowest BCUT2D eigenvalue weighted by molar-refractivity contribution is 0.123. The molecule has 0 aliphatic rings. The molecule has 3 nitrogen and oxygen atoms in total. The summed E-state index contributed by atoms with van der Waals surface area (Å²) < 4.78 is 26.1. The van der Waals surface area contributed by atoms with E-state index in [-0.39, 0.29) is 6.54 Å². The molecule has 0 saturated heterocycles. The van der Waals surface area contributed by atoms with Crippen molar-refractivity contribution in [1.29, 1.82) is 0 Å². The van der Waals surface area contributed by atoms with Crippen molar-refractivity contribution in [1.82, 2.24) is 9.78 Å². The Morgan fingerprint density at radius 2 is 2.19 bits per heavy atom. The lowest BCUT2D eigenvalue weighted by Crippen LogP contribution is -2.08. The average Bonchev–Trinajstić information content (AvgIpc) is 2.55. The highest BCUT2D eigenvalue weighted by Crippen LogP contribution is 2.22. The number of nitrogens with zero attached hydrogens (tertiary/aromatic N) is 2. The topological polar surface area (TPSA) is 43.8 Å². The quantitative estimate of drug-likeness (QED) is 0.815. The van der Waals surface area contributed by atoms with Crippen molar-refractivity contribution in [3.8, 4) is 0 Å². The van der Waals surface area contributed by atoms with Crippen LogP contribution in [0.5, 0.6) is 0 Å². The van der Waals surface area contributed by atoms with Crippen LogP contribution in [0, 0.1) is 0 Å².